The lowest BCUT2D eigenvalue weighted by Gasteiger charge is -2.48. The molecule has 3 rings (SSSR count). The minimum Gasteiger partial charge on any atom is -0.388 e. The number of aliphatic hydroxyl groups is 1. The number of rotatable bonds is 3. The van der Waals surface area contributed by atoms with Crippen molar-refractivity contribution >= 4 is 5.91 Å². The van der Waals surface area contributed by atoms with Crippen LogP contribution in [0.3, 0.4) is 0 Å². The standard InChI is InChI=1S/C19H27NO6/c1-11(21)20-14-15(22)16-13(24-18(14)26-19(2,3)4)10-23-17(25-16)12-8-6-5-7-9-12/h5-9,13-18,22H,10H2,1-4H3,(H,20,21)/t13-,14-,15-,16-,17?,18-/m1/s1. The van der Waals surface area contributed by atoms with E-state index in [0.717, 1.165) is 5.56 Å². The van der Waals surface area contributed by atoms with Crippen LogP contribution in [0.4, 0.5) is 0 Å². The van der Waals surface area contributed by atoms with E-state index in [1.807, 2.05) is 51.1 Å². The van der Waals surface area contributed by atoms with Crippen molar-refractivity contribution in [2.75, 3.05) is 6.61 Å². The highest BCUT2D eigenvalue weighted by atomic mass is 16.7. The Kier molecular flexibility index (Phi) is 5.64. The van der Waals surface area contributed by atoms with E-state index in [9.17, 15) is 9.90 Å². The molecule has 0 radical (unpaired) electrons. The summed E-state index contributed by atoms with van der Waals surface area (Å²) in [4.78, 5) is 11.6. The zero-order chi connectivity index (χ0) is 18.9. The van der Waals surface area contributed by atoms with E-state index in [2.05, 4.69) is 5.32 Å². The second-order valence-corrected chi connectivity index (χ2v) is 7.67. The quantitative estimate of drug-likeness (QED) is 0.844. The molecule has 1 aromatic carbocycles. The maximum absolute atomic E-state index is 11.6. The molecule has 2 N–H and O–H groups in total. The van der Waals surface area contributed by atoms with E-state index >= 15 is 0 Å². The molecule has 144 valence electrons. The van der Waals surface area contributed by atoms with Crippen molar-refractivity contribution in [2.45, 2.75) is 70.2 Å². The lowest BCUT2D eigenvalue weighted by molar-refractivity contribution is -0.353. The third-order valence-electron chi connectivity index (χ3n) is 4.28. The number of amides is 1. The van der Waals surface area contributed by atoms with Crippen LogP contribution in [0.25, 0.3) is 0 Å². The van der Waals surface area contributed by atoms with Gasteiger partial charge in [0.1, 0.15) is 24.4 Å². The largest absolute Gasteiger partial charge is 0.388 e. The van der Waals surface area contributed by atoms with Crippen LogP contribution in [0.1, 0.15) is 39.5 Å². The fourth-order valence-electron chi connectivity index (χ4n) is 3.21. The number of benzene rings is 1. The van der Waals surface area contributed by atoms with Gasteiger partial charge in [0.25, 0.3) is 0 Å². The molecular weight excluding hydrogens is 338 g/mol. The molecule has 0 aromatic heterocycles. The van der Waals surface area contributed by atoms with Crippen LogP contribution >= 0.6 is 0 Å². The monoisotopic (exact) mass is 365 g/mol. The number of aliphatic hydroxyl groups excluding tert-OH is 1. The predicted octanol–water partition coefficient (Wildman–Crippen LogP) is 1.51. The van der Waals surface area contributed by atoms with Gasteiger partial charge in [-0.05, 0) is 20.8 Å². The van der Waals surface area contributed by atoms with Gasteiger partial charge in [0.2, 0.25) is 5.91 Å². The highest BCUT2D eigenvalue weighted by Crippen LogP contribution is 2.35. The Hall–Kier alpha value is -1.51. The van der Waals surface area contributed by atoms with Gasteiger partial charge in [-0.15, -0.1) is 0 Å². The average molecular weight is 365 g/mol. The van der Waals surface area contributed by atoms with E-state index in [4.69, 9.17) is 18.9 Å². The Labute approximate surface area is 153 Å². The van der Waals surface area contributed by atoms with Crippen LogP contribution < -0.4 is 5.32 Å². The number of carbonyl (C=O) groups excluding carboxylic acids is 1. The normalized spacial score (nSPS) is 34.8. The number of carbonyl (C=O) groups is 1. The van der Waals surface area contributed by atoms with Gasteiger partial charge in [0.05, 0.1) is 12.2 Å². The minimum atomic E-state index is -0.986. The number of fused-ring (bicyclic) bond motifs is 1. The summed E-state index contributed by atoms with van der Waals surface area (Å²) in [5, 5.41) is 13.6. The Morgan fingerprint density at radius 3 is 2.54 bits per heavy atom. The summed E-state index contributed by atoms with van der Waals surface area (Å²) in [5.41, 5.74) is 0.360. The van der Waals surface area contributed by atoms with Gasteiger partial charge < -0.3 is 29.4 Å². The van der Waals surface area contributed by atoms with Crippen molar-refractivity contribution in [2.24, 2.45) is 0 Å². The van der Waals surface area contributed by atoms with Crippen molar-refractivity contribution in [1.82, 2.24) is 5.32 Å². The maximum atomic E-state index is 11.6. The molecule has 7 heteroatoms. The third kappa shape index (κ3) is 4.42. The topological polar surface area (TPSA) is 86.3 Å². The Morgan fingerprint density at radius 1 is 1.23 bits per heavy atom. The van der Waals surface area contributed by atoms with Crippen molar-refractivity contribution in [3.05, 3.63) is 35.9 Å². The van der Waals surface area contributed by atoms with E-state index in [1.54, 1.807) is 0 Å². The molecule has 2 aliphatic rings. The third-order valence-corrected chi connectivity index (χ3v) is 4.28. The van der Waals surface area contributed by atoms with Gasteiger partial charge in [-0.3, -0.25) is 4.79 Å². The van der Waals surface area contributed by atoms with Crippen molar-refractivity contribution in [3.8, 4) is 0 Å². The van der Waals surface area contributed by atoms with Crippen LogP contribution in [0.5, 0.6) is 0 Å². The fraction of sp³-hybridized carbons (Fsp3) is 0.632. The summed E-state index contributed by atoms with van der Waals surface area (Å²) in [6.07, 6.45) is -3.49. The average Bonchev–Trinajstić information content (AvgIpc) is 2.57. The lowest BCUT2D eigenvalue weighted by Crippen LogP contribution is -2.67. The van der Waals surface area contributed by atoms with Crippen molar-refractivity contribution in [3.63, 3.8) is 0 Å². The number of nitrogens with one attached hydrogen (secondary N) is 1. The van der Waals surface area contributed by atoms with Gasteiger partial charge in [0.15, 0.2) is 12.6 Å². The first-order chi connectivity index (χ1) is 12.2. The Balaban J connectivity index is 1.78. The maximum Gasteiger partial charge on any atom is 0.217 e. The Morgan fingerprint density at radius 2 is 1.92 bits per heavy atom. The van der Waals surface area contributed by atoms with Crippen LogP contribution in [0.2, 0.25) is 0 Å². The molecule has 2 heterocycles. The predicted molar refractivity (Wildman–Crippen MR) is 93.1 cm³/mol. The first-order valence-corrected chi connectivity index (χ1v) is 8.85. The summed E-state index contributed by atoms with van der Waals surface area (Å²) >= 11 is 0. The summed E-state index contributed by atoms with van der Waals surface area (Å²) in [7, 11) is 0. The molecule has 26 heavy (non-hydrogen) atoms. The molecule has 1 amide bonds. The van der Waals surface area contributed by atoms with Gasteiger partial charge in [-0.2, -0.15) is 0 Å². The minimum absolute atomic E-state index is 0.262. The lowest BCUT2D eigenvalue weighted by atomic mass is 9.95. The first-order valence-electron chi connectivity index (χ1n) is 8.85. The molecule has 0 spiro atoms. The highest BCUT2D eigenvalue weighted by molar-refractivity contribution is 5.73. The van der Waals surface area contributed by atoms with Gasteiger partial charge in [0, 0.05) is 12.5 Å². The second kappa shape index (κ2) is 7.62. The molecule has 2 aliphatic heterocycles. The molecular formula is C19H27NO6. The molecule has 0 aliphatic carbocycles. The van der Waals surface area contributed by atoms with Crippen molar-refractivity contribution < 1.29 is 28.8 Å². The zero-order valence-corrected chi connectivity index (χ0v) is 15.5. The molecule has 1 unspecified atom stereocenters. The number of hydrogen-bond donors (Lipinski definition) is 2. The highest BCUT2D eigenvalue weighted by Gasteiger charge is 2.50. The SMILES string of the molecule is CC(=O)N[C@H]1[C@@H](OC(C)(C)C)O[C@@H]2COC(c3ccccc3)O[C@H]2[C@@H]1O. The van der Waals surface area contributed by atoms with Gasteiger partial charge in [-0.25, -0.2) is 0 Å². The van der Waals surface area contributed by atoms with Crippen LogP contribution in [-0.4, -0.2) is 53.9 Å². The summed E-state index contributed by atoms with van der Waals surface area (Å²) in [6, 6.07) is 8.78. The smallest absolute Gasteiger partial charge is 0.217 e. The molecule has 1 aromatic rings. The molecule has 2 fully saturated rings. The first kappa shape index (κ1) is 19.3. The second-order valence-electron chi connectivity index (χ2n) is 7.67. The summed E-state index contributed by atoms with van der Waals surface area (Å²) in [5.74, 6) is -0.273. The summed E-state index contributed by atoms with van der Waals surface area (Å²) < 4.78 is 23.7. The Bertz CT molecular complexity index is 616. The van der Waals surface area contributed by atoms with E-state index in [1.165, 1.54) is 6.92 Å². The fourth-order valence-corrected chi connectivity index (χ4v) is 3.21. The zero-order valence-electron chi connectivity index (χ0n) is 15.5. The molecule has 0 saturated carbocycles. The summed E-state index contributed by atoms with van der Waals surface area (Å²) in [6.45, 7) is 7.32. The van der Waals surface area contributed by atoms with Crippen molar-refractivity contribution in [1.29, 1.82) is 0 Å². The van der Waals surface area contributed by atoms with Gasteiger partial charge >= 0.3 is 0 Å². The van der Waals surface area contributed by atoms with Crippen LogP contribution in [0, 0.1) is 0 Å². The van der Waals surface area contributed by atoms with E-state index in [0.29, 0.717) is 0 Å². The number of hydrogen-bond acceptors (Lipinski definition) is 6. The molecule has 2 saturated heterocycles. The van der Waals surface area contributed by atoms with E-state index < -0.39 is 42.5 Å². The van der Waals surface area contributed by atoms with Crippen LogP contribution in [0.15, 0.2) is 30.3 Å². The van der Waals surface area contributed by atoms with E-state index in [-0.39, 0.29) is 12.5 Å². The molecule has 6 atom stereocenters. The van der Waals surface area contributed by atoms with Crippen LogP contribution in [-0.2, 0) is 23.7 Å². The molecule has 7 nitrogen and oxygen atoms in total. The molecule has 0 bridgehead atoms. The number of ether oxygens (including phenoxy) is 4. The van der Waals surface area contributed by atoms with Gasteiger partial charge in [-0.1, -0.05) is 30.3 Å².